The Balaban J connectivity index is 1.37. The SMILES string of the molecule is COc1ccc2c(c1)CCc1cc(C(=O)OCc3cc(=O)n4c(C)csc4n3)sc1-2. The molecule has 0 aliphatic heterocycles. The van der Waals surface area contributed by atoms with Gasteiger partial charge in [0.05, 0.1) is 12.8 Å². The van der Waals surface area contributed by atoms with Crippen molar-refractivity contribution in [2.75, 3.05) is 7.11 Å². The van der Waals surface area contributed by atoms with Crippen LogP contribution in [0, 0.1) is 6.92 Å². The number of carbonyl (C=O) groups excluding carboxylic acids is 1. The van der Waals surface area contributed by atoms with E-state index in [1.807, 2.05) is 30.5 Å². The van der Waals surface area contributed by atoms with E-state index in [-0.39, 0.29) is 12.2 Å². The number of benzene rings is 1. The molecule has 0 spiro atoms. The molecule has 0 atom stereocenters. The van der Waals surface area contributed by atoms with Gasteiger partial charge < -0.3 is 9.47 Å². The Morgan fingerprint density at radius 1 is 1.20 bits per heavy atom. The molecule has 1 aliphatic carbocycles. The number of rotatable bonds is 4. The van der Waals surface area contributed by atoms with Crippen LogP contribution in [-0.4, -0.2) is 22.5 Å². The Hall–Kier alpha value is -2.97. The number of thiazole rings is 1. The second kappa shape index (κ2) is 7.37. The third-order valence-electron chi connectivity index (χ3n) is 5.21. The third-order valence-corrected chi connectivity index (χ3v) is 7.34. The summed E-state index contributed by atoms with van der Waals surface area (Å²) in [4.78, 5) is 31.6. The highest BCUT2D eigenvalue weighted by Gasteiger charge is 2.23. The molecule has 3 heterocycles. The van der Waals surface area contributed by atoms with Gasteiger partial charge in [-0.15, -0.1) is 22.7 Å². The van der Waals surface area contributed by atoms with Crippen LogP contribution in [0.15, 0.2) is 40.5 Å². The smallest absolute Gasteiger partial charge is 0.348 e. The molecule has 0 radical (unpaired) electrons. The Kier molecular flexibility index (Phi) is 4.67. The Morgan fingerprint density at radius 2 is 2.03 bits per heavy atom. The number of methoxy groups -OCH3 is 1. The molecule has 0 fully saturated rings. The monoisotopic (exact) mass is 438 g/mol. The molecule has 152 valence electrons. The minimum Gasteiger partial charge on any atom is -0.497 e. The molecule has 0 amide bonds. The van der Waals surface area contributed by atoms with Crippen LogP contribution >= 0.6 is 22.7 Å². The Morgan fingerprint density at radius 3 is 2.87 bits per heavy atom. The maximum absolute atomic E-state index is 12.7. The summed E-state index contributed by atoms with van der Waals surface area (Å²) in [6, 6.07) is 9.39. The number of esters is 1. The van der Waals surface area contributed by atoms with Crippen LogP contribution in [0.3, 0.4) is 0 Å². The second-order valence-corrected chi connectivity index (χ2v) is 9.03. The van der Waals surface area contributed by atoms with Crippen LogP contribution in [0.4, 0.5) is 0 Å². The van der Waals surface area contributed by atoms with Gasteiger partial charge in [0, 0.05) is 22.0 Å². The van der Waals surface area contributed by atoms with Gasteiger partial charge in [-0.2, -0.15) is 0 Å². The lowest BCUT2D eigenvalue weighted by Gasteiger charge is -2.16. The largest absolute Gasteiger partial charge is 0.497 e. The molecule has 1 aliphatic rings. The maximum Gasteiger partial charge on any atom is 0.348 e. The zero-order valence-corrected chi connectivity index (χ0v) is 18.1. The van der Waals surface area contributed by atoms with Crippen molar-refractivity contribution in [1.29, 1.82) is 0 Å². The van der Waals surface area contributed by atoms with Crippen molar-refractivity contribution in [3.05, 3.63) is 73.5 Å². The van der Waals surface area contributed by atoms with Crippen molar-refractivity contribution in [3.63, 3.8) is 0 Å². The van der Waals surface area contributed by atoms with E-state index in [1.165, 1.54) is 34.3 Å². The van der Waals surface area contributed by atoms with Gasteiger partial charge in [0.1, 0.15) is 17.2 Å². The standard InChI is InChI=1S/C22H18N2O4S2/c1-12-11-29-22-23-15(9-19(25)24(12)22)10-28-21(26)18-8-14-4-3-13-7-16(27-2)5-6-17(13)20(14)30-18/h5-9,11H,3-4,10H2,1-2H3. The van der Waals surface area contributed by atoms with E-state index in [0.717, 1.165) is 40.3 Å². The quantitative estimate of drug-likeness (QED) is 0.446. The topological polar surface area (TPSA) is 69.9 Å². The molecular formula is C22H18N2O4S2. The molecule has 5 rings (SSSR count). The number of fused-ring (bicyclic) bond motifs is 4. The minimum atomic E-state index is -0.395. The summed E-state index contributed by atoms with van der Waals surface area (Å²) in [5.41, 5.74) is 4.68. The van der Waals surface area contributed by atoms with E-state index in [2.05, 4.69) is 11.1 Å². The molecule has 0 N–H and O–H groups in total. The van der Waals surface area contributed by atoms with Crippen LogP contribution in [0.25, 0.3) is 15.4 Å². The summed E-state index contributed by atoms with van der Waals surface area (Å²) in [6.45, 7) is 1.83. The minimum absolute atomic E-state index is 0.0299. The number of ether oxygens (including phenoxy) is 2. The van der Waals surface area contributed by atoms with E-state index in [1.54, 1.807) is 11.5 Å². The summed E-state index contributed by atoms with van der Waals surface area (Å²) in [7, 11) is 1.66. The van der Waals surface area contributed by atoms with Crippen LogP contribution < -0.4 is 10.3 Å². The summed E-state index contributed by atoms with van der Waals surface area (Å²) >= 11 is 2.84. The molecule has 1 aromatic carbocycles. The van der Waals surface area contributed by atoms with E-state index in [4.69, 9.17) is 9.47 Å². The number of nitrogens with zero attached hydrogens (tertiary/aromatic N) is 2. The molecule has 30 heavy (non-hydrogen) atoms. The van der Waals surface area contributed by atoms with Crippen LogP contribution in [-0.2, 0) is 24.2 Å². The van der Waals surface area contributed by atoms with E-state index in [0.29, 0.717) is 15.5 Å². The van der Waals surface area contributed by atoms with Crippen molar-refractivity contribution >= 4 is 33.6 Å². The molecular weight excluding hydrogens is 420 g/mol. The fraction of sp³-hybridized carbons (Fsp3) is 0.227. The predicted octanol–water partition coefficient (Wildman–Crippen LogP) is 4.26. The first kappa shape index (κ1) is 19.0. The lowest BCUT2D eigenvalue weighted by Crippen LogP contribution is -2.16. The van der Waals surface area contributed by atoms with Gasteiger partial charge in [-0.1, -0.05) is 0 Å². The van der Waals surface area contributed by atoms with Crippen LogP contribution in [0.1, 0.15) is 32.2 Å². The number of thiophene rings is 1. The van der Waals surface area contributed by atoms with Crippen molar-refractivity contribution in [2.24, 2.45) is 0 Å². The van der Waals surface area contributed by atoms with Crippen molar-refractivity contribution < 1.29 is 14.3 Å². The summed E-state index contributed by atoms with van der Waals surface area (Å²) < 4.78 is 12.3. The number of aryl methyl sites for hydroxylation is 3. The zero-order chi connectivity index (χ0) is 20.8. The van der Waals surface area contributed by atoms with Crippen molar-refractivity contribution in [3.8, 4) is 16.2 Å². The lowest BCUT2D eigenvalue weighted by molar-refractivity contribution is 0.0473. The molecule has 0 saturated carbocycles. The van der Waals surface area contributed by atoms with Crippen molar-refractivity contribution in [1.82, 2.24) is 9.38 Å². The number of hydrogen-bond donors (Lipinski definition) is 0. The summed E-state index contributed by atoms with van der Waals surface area (Å²) in [6.07, 6.45) is 1.80. The maximum atomic E-state index is 12.7. The Labute approximate surface area is 180 Å². The average Bonchev–Trinajstić information content (AvgIpc) is 3.35. The average molecular weight is 439 g/mol. The van der Waals surface area contributed by atoms with E-state index < -0.39 is 5.97 Å². The van der Waals surface area contributed by atoms with E-state index in [9.17, 15) is 9.59 Å². The summed E-state index contributed by atoms with van der Waals surface area (Å²) in [5, 5.41) is 1.88. The number of aromatic nitrogens is 2. The van der Waals surface area contributed by atoms with Gasteiger partial charge >= 0.3 is 5.97 Å². The highest BCUT2D eigenvalue weighted by atomic mass is 32.1. The molecule has 8 heteroatoms. The molecule has 3 aromatic heterocycles. The number of hydrogen-bond acceptors (Lipinski definition) is 7. The third kappa shape index (κ3) is 3.22. The van der Waals surface area contributed by atoms with Gasteiger partial charge in [0.2, 0.25) is 0 Å². The molecule has 0 bridgehead atoms. The van der Waals surface area contributed by atoms with Gasteiger partial charge in [0.25, 0.3) is 5.56 Å². The van der Waals surface area contributed by atoms with Gasteiger partial charge in [-0.05, 0) is 60.7 Å². The van der Waals surface area contributed by atoms with Gasteiger partial charge in [0.15, 0.2) is 4.96 Å². The lowest BCUT2D eigenvalue weighted by atomic mass is 9.91. The predicted molar refractivity (Wildman–Crippen MR) is 117 cm³/mol. The molecule has 6 nitrogen and oxygen atoms in total. The fourth-order valence-electron chi connectivity index (χ4n) is 3.72. The second-order valence-electron chi connectivity index (χ2n) is 7.15. The van der Waals surface area contributed by atoms with E-state index >= 15 is 0 Å². The Bertz CT molecular complexity index is 1350. The van der Waals surface area contributed by atoms with Crippen LogP contribution in [0.2, 0.25) is 0 Å². The van der Waals surface area contributed by atoms with Gasteiger partial charge in [-0.3, -0.25) is 9.20 Å². The zero-order valence-electron chi connectivity index (χ0n) is 16.4. The first-order valence-electron chi connectivity index (χ1n) is 9.47. The normalized spacial score (nSPS) is 12.5. The van der Waals surface area contributed by atoms with Crippen molar-refractivity contribution in [2.45, 2.75) is 26.4 Å². The fourth-order valence-corrected chi connectivity index (χ4v) is 5.78. The summed E-state index contributed by atoms with van der Waals surface area (Å²) in [5.74, 6) is 0.448. The molecule has 4 aromatic rings. The highest BCUT2D eigenvalue weighted by molar-refractivity contribution is 7.17. The first-order chi connectivity index (χ1) is 14.5. The number of carbonyl (C=O) groups is 1. The van der Waals surface area contributed by atoms with Gasteiger partial charge in [-0.25, -0.2) is 9.78 Å². The first-order valence-corrected chi connectivity index (χ1v) is 11.2. The van der Waals surface area contributed by atoms with Crippen LogP contribution in [0.5, 0.6) is 5.75 Å². The molecule has 0 unspecified atom stereocenters. The molecule has 0 saturated heterocycles. The highest BCUT2D eigenvalue weighted by Crippen LogP contribution is 2.41.